The summed E-state index contributed by atoms with van der Waals surface area (Å²) in [6.07, 6.45) is 3.93. The zero-order chi connectivity index (χ0) is 20.5. The number of nitrogens with one attached hydrogen (secondary N) is 2. The van der Waals surface area contributed by atoms with Crippen molar-refractivity contribution in [1.29, 1.82) is 0 Å². The molecule has 0 spiro atoms. The molecule has 160 valence electrons. The number of urea groups is 1. The third-order valence-corrected chi connectivity index (χ3v) is 6.67. The molecule has 2 heterocycles. The molecule has 3 rings (SSSR count). The Morgan fingerprint density at radius 2 is 1.76 bits per heavy atom. The molecule has 0 radical (unpaired) electrons. The van der Waals surface area contributed by atoms with Gasteiger partial charge in [0, 0.05) is 36.8 Å². The highest BCUT2D eigenvalue weighted by Gasteiger charge is 2.19. The highest BCUT2D eigenvalue weighted by molar-refractivity contribution is 7.99. The first-order chi connectivity index (χ1) is 14.1. The van der Waals surface area contributed by atoms with E-state index in [4.69, 9.17) is 0 Å². The topological polar surface area (TPSA) is 64.7 Å². The molecule has 6 nitrogen and oxygen atoms in total. The summed E-state index contributed by atoms with van der Waals surface area (Å²) in [7, 11) is 0. The summed E-state index contributed by atoms with van der Waals surface area (Å²) in [6.45, 7) is 8.10. The first kappa shape index (κ1) is 22.0. The number of carbonyl (C=O) groups is 2. The van der Waals surface area contributed by atoms with Gasteiger partial charge in [-0.25, -0.2) is 4.79 Å². The fourth-order valence-electron chi connectivity index (χ4n) is 3.95. The van der Waals surface area contributed by atoms with Gasteiger partial charge in [0.1, 0.15) is 0 Å². The molecular formula is C22H34N4O2S. The molecule has 3 amide bonds. The lowest BCUT2D eigenvalue weighted by Gasteiger charge is -2.31. The summed E-state index contributed by atoms with van der Waals surface area (Å²) in [5, 5.41) is 5.90. The summed E-state index contributed by atoms with van der Waals surface area (Å²) in [6, 6.07) is 7.44. The number of anilines is 1. The number of piperidine rings is 1. The predicted molar refractivity (Wildman–Crippen MR) is 121 cm³/mol. The molecule has 0 saturated carbocycles. The number of rotatable bonds is 7. The normalized spacial score (nSPS) is 18.4. The second-order valence-corrected chi connectivity index (χ2v) is 9.21. The van der Waals surface area contributed by atoms with Crippen molar-refractivity contribution >= 4 is 29.4 Å². The Balaban J connectivity index is 1.37. The van der Waals surface area contributed by atoms with Crippen LogP contribution in [0.4, 0.5) is 10.5 Å². The Morgan fingerprint density at radius 1 is 1.07 bits per heavy atom. The number of hydrogen-bond acceptors (Lipinski definition) is 4. The molecule has 7 heteroatoms. The van der Waals surface area contributed by atoms with E-state index < -0.39 is 0 Å². The zero-order valence-electron chi connectivity index (χ0n) is 17.5. The van der Waals surface area contributed by atoms with Crippen LogP contribution in [-0.4, -0.2) is 72.5 Å². The first-order valence-corrected chi connectivity index (χ1v) is 12.0. The van der Waals surface area contributed by atoms with Gasteiger partial charge in [0.2, 0.25) is 5.91 Å². The van der Waals surface area contributed by atoms with Gasteiger partial charge in [-0.2, -0.15) is 11.8 Å². The zero-order valence-corrected chi connectivity index (χ0v) is 18.3. The summed E-state index contributed by atoms with van der Waals surface area (Å²) >= 11 is 1.90. The molecular weight excluding hydrogens is 384 g/mol. The molecule has 0 aromatic heterocycles. The lowest BCUT2D eigenvalue weighted by Crippen LogP contribution is -2.40. The minimum atomic E-state index is -0.157. The fraction of sp³-hybridized carbons (Fsp3) is 0.636. The van der Waals surface area contributed by atoms with Crippen LogP contribution in [0.25, 0.3) is 0 Å². The lowest BCUT2D eigenvalue weighted by atomic mass is 9.97. The van der Waals surface area contributed by atoms with E-state index in [0.717, 1.165) is 68.3 Å². The summed E-state index contributed by atoms with van der Waals surface area (Å²) < 4.78 is 0. The second-order valence-electron chi connectivity index (χ2n) is 7.99. The number of hydrogen-bond donors (Lipinski definition) is 2. The predicted octanol–water partition coefficient (Wildman–Crippen LogP) is 3.05. The Labute approximate surface area is 178 Å². The summed E-state index contributed by atoms with van der Waals surface area (Å²) in [5.41, 5.74) is 1.74. The monoisotopic (exact) mass is 418 g/mol. The highest BCUT2D eigenvalue weighted by atomic mass is 32.2. The van der Waals surface area contributed by atoms with Gasteiger partial charge in [-0.15, -0.1) is 0 Å². The number of likely N-dealkylation sites (tertiary alicyclic amines) is 1. The van der Waals surface area contributed by atoms with Crippen molar-refractivity contribution in [2.24, 2.45) is 5.92 Å². The molecule has 0 atom stereocenters. The Kier molecular flexibility index (Phi) is 8.68. The maximum absolute atomic E-state index is 12.4. The van der Waals surface area contributed by atoms with Gasteiger partial charge in [-0.3, -0.25) is 4.79 Å². The van der Waals surface area contributed by atoms with Crippen molar-refractivity contribution in [2.45, 2.75) is 32.6 Å². The molecule has 1 aromatic carbocycles. The molecule has 1 aromatic rings. The van der Waals surface area contributed by atoms with Gasteiger partial charge in [0.25, 0.3) is 0 Å². The van der Waals surface area contributed by atoms with Gasteiger partial charge in [-0.1, -0.05) is 19.1 Å². The molecule has 0 aliphatic carbocycles. The van der Waals surface area contributed by atoms with E-state index in [2.05, 4.69) is 22.5 Å². The van der Waals surface area contributed by atoms with Crippen molar-refractivity contribution in [3.8, 4) is 0 Å². The number of benzene rings is 1. The van der Waals surface area contributed by atoms with E-state index in [1.165, 1.54) is 13.0 Å². The fourth-order valence-corrected chi connectivity index (χ4v) is 4.85. The van der Waals surface area contributed by atoms with E-state index in [0.29, 0.717) is 12.3 Å². The molecule has 2 aliphatic heterocycles. The number of thioether (sulfide) groups is 1. The van der Waals surface area contributed by atoms with E-state index in [-0.39, 0.29) is 11.9 Å². The average Bonchev–Trinajstić information content (AvgIpc) is 2.75. The summed E-state index contributed by atoms with van der Waals surface area (Å²) in [5.74, 6) is 2.81. The van der Waals surface area contributed by atoms with Gasteiger partial charge in [-0.05, 0) is 62.5 Å². The van der Waals surface area contributed by atoms with Gasteiger partial charge < -0.3 is 20.4 Å². The van der Waals surface area contributed by atoms with Crippen LogP contribution in [0.1, 0.15) is 31.7 Å². The first-order valence-electron chi connectivity index (χ1n) is 10.9. The standard InChI is InChI=1S/C22H34N4O2S/c1-2-9-25-10-7-19(8-11-25)17-23-22(28)24-20-5-3-18(4-6-20)16-21(27)26-12-14-29-15-13-26/h3-6,19H,2,7-17H2,1H3,(H2,23,24,28). The van der Waals surface area contributed by atoms with Crippen LogP contribution < -0.4 is 10.6 Å². The van der Waals surface area contributed by atoms with Crippen LogP contribution in [0.15, 0.2) is 24.3 Å². The Morgan fingerprint density at radius 3 is 2.41 bits per heavy atom. The van der Waals surface area contributed by atoms with Gasteiger partial charge in [0.05, 0.1) is 6.42 Å². The smallest absolute Gasteiger partial charge is 0.319 e. The molecule has 2 saturated heterocycles. The largest absolute Gasteiger partial charge is 0.341 e. The number of nitrogens with zero attached hydrogens (tertiary/aromatic N) is 2. The van der Waals surface area contributed by atoms with E-state index in [1.54, 1.807) is 0 Å². The van der Waals surface area contributed by atoms with E-state index >= 15 is 0 Å². The SMILES string of the molecule is CCCN1CCC(CNC(=O)Nc2ccc(CC(=O)N3CCSCC3)cc2)CC1. The highest BCUT2D eigenvalue weighted by Crippen LogP contribution is 2.17. The van der Waals surface area contributed by atoms with Crippen LogP contribution in [0.3, 0.4) is 0 Å². The maximum Gasteiger partial charge on any atom is 0.319 e. The van der Waals surface area contributed by atoms with Gasteiger partial charge in [0.15, 0.2) is 0 Å². The molecule has 0 bridgehead atoms. The third kappa shape index (κ3) is 7.23. The van der Waals surface area contributed by atoms with E-state index in [9.17, 15) is 9.59 Å². The quantitative estimate of drug-likeness (QED) is 0.714. The van der Waals surface area contributed by atoms with Crippen LogP contribution >= 0.6 is 11.8 Å². The van der Waals surface area contributed by atoms with Gasteiger partial charge >= 0.3 is 6.03 Å². The van der Waals surface area contributed by atoms with Crippen molar-refractivity contribution in [3.05, 3.63) is 29.8 Å². The number of amides is 3. The van der Waals surface area contributed by atoms with E-state index in [1.807, 2.05) is 40.9 Å². The summed E-state index contributed by atoms with van der Waals surface area (Å²) in [4.78, 5) is 29.0. The molecule has 0 unspecified atom stereocenters. The van der Waals surface area contributed by atoms with Crippen molar-refractivity contribution < 1.29 is 9.59 Å². The third-order valence-electron chi connectivity index (χ3n) is 5.73. The maximum atomic E-state index is 12.4. The van der Waals surface area contributed by atoms with Crippen molar-refractivity contribution in [1.82, 2.24) is 15.1 Å². The molecule has 2 fully saturated rings. The molecule has 29 heavy (non-hydrogen) atoms. The minimum absolute atomic E-state index is 0.157. The van der Waals surface area contributed by atoms with Crippen LogP contribution in [-0.2, 0) is 11.2 Å². The van der Waals surface area contributed by atoms with Crippen LogP contribution in [0.5, 0.6) is 0 Å². The molecule has 2 N–H and O–H groups in total. The number of carbonyl (C=O) groups excluding carboxylic acids is 2. The molecule has 2 aliphatic rings. The minimum Gasteiger partial charge on any atom is -0.341 e. The van der Waals surface area contributed by atoms with Crippen LogP contribution in [0.2, 0.25) is 0 Å². The van der Waals surface area contributed by atoms with Crippen LogP contribution in [0, 0.1) is 5.92 Å². The van der Waals surface area contributed by atoms with Crippen molar-refractivity contribution in [3.63, 3.8) is 0 Å². The Bertz CT molecular complexity index is 653. The average molecular weight is 419 g/mol. The lowest BCUT2D eigenvalue weighted by molar-refractivity contribution is -0.130. The Hall–Kier alpha value is -1.73. The second kappa shape index (κ2) is 11.5. The van der Waals surface area contributed by atoms with Crippen molar-refractivity contribution in [2.75, 3.05) is 56.1 Å².